The second-order valence-corrected chi connectivity index (χ2v) is 5.19. The van der Waals surface area contributed by atoms with E-state index in [1.807, 2.05) is 0 Å². The smallest absolute Gasteiger partial charge is 0.0726 e. The Hall–Kier alpha value is -1.57. The van der Waals surface area contributed by atoms with E-state index in [9.17, 15) is 0 Å². The SMILES string of the molecule is CCNc1c(C(C)C)c(C)nc2ccc(C)cc12. The van der Waals surface area contributed by atoms with Gasteiger partial charge in [-0.15, -0.1) is 0 Å². The van der Waals surface area contributed by atoms with Gasteiger partial charge >= 0.3 is 0 Å². The summed E-state index contributed by atoms with van der Waals surface area (Å²) in [6.45, 7) is 11.8. The van der Waals surface area contributed by atoms with Gasteiger partial charge in [0, 0.05) is 23.3 Å². The van der Waals surface area contributed by atoms with E-state index < -0.39 is 0 Å². The highest BCUT2D eigenvalue weighted by atomic mass is 14.9. The van der Waals surface area contributed by atoms with Gasteiger partial charge in [0.05, 0.1) is 5.52 Å². The number of hydrogen-bond donors (Lipinski definition) is 1. The zero-order chi connectivity index (χ0) is 13.3. The Morgan fingerprint density at radius 2 is 1.94 bits per heavy atom. The lowest BCUT2D eigenvalue weighted by atomic mass is 9.96. The van der Waals surface area contributed by atoms with Crippen LogP contribution in [0.5, 0.6) is 0 Å². The Morgan fingerprint density at radius 3 is 2.56 bits per heavy atom. The minimum Gasteiger partial charge on any atom is -0.384 e. The third kappa shape index (κ3) is 2.20. The molecule has 0 aliphatic rings. The number of rotatable bonds is 3. The lowest BCUT2D eigenvalue weighted by Crippen LogP contribution is -2.07. The molecule has 2 aromatic rings. The van der Waals surface area contributed by atoms with Crippen LogP contribution in [0.3, 0.4) is 0 Å². The summed E-state index contributed by atoms with van der Waals surface area (Å²) >= 11 is 0. The van der Waals surface area contributed by atoms with Crippen molar-refractivity contribution in [1.29, 1.82) is 0 Å². The third-order valence-electron chi connectivity index (χ3n) is 3.30. The Kier molecular flexibility index (Phi) is 3.55. The van der Waals surface area contributed by atoms with Crippen molar-refractivity contribution in [2.75, 3.05) is 11.9 Å². The topological polar surface area (TPSA) is 24.9 Å². The molecule has 0 saturated heterocycles. The monoisotopic (exact) mass is 242 g/mol. The minimum absolute atomic E-state index is 0.483. The van der Waals surface area contributed by atoms with Crippen LogP contribution < -0.4 is 5.32 Å². The maximum absolute atomic E-state index is 4.74. The summed E-state index contributed by atoms with van der Waals surface area (Å²) < 4.78 is 0. The molecule has 0 atom stereocenters. The van der Waals surface area contributed by atoms with Crippen molar-refractivity contribution < 1.29 is 0 Å². The molecular formula is C16H22N2. The minimum atomic E-state index is 0.483. The second kappa shape index (κ2) is 4.97. The van der Waals surface area contributed by atoms with Gasteiger partial charge < -0.3 is 5.32 Å². The van der Waals surface area contributed by atoms with Gasteiger partial charge in [-0.3, -0.25) is 4.98 Å². The van der Waals surface area contributed by atoms with Gasteiger partial charge in [-0.05, 0) is 44.4 Å². The highest BCUT2D eigenvalue weighted by Crippen LogP contribution is 2.33. The van der Waals surface area contributed by atoms with E-state index in [1.165, 1.54) is 22.2 Å². The normalized spacial score (nSPS) is 11.2. The summed E-state index contributed by atoms with van der Waals surface area (Å²) in [4.78, 5) is 4.74. The molecule has 1 N–H and O–H groups in total. The highest BCUT2D eigenvalue weighted by molar-refractivity contribution is 5.94. The van der Waals surface area contributed by atoms with Crippen LogP contribution in [-0.2, 0) is 0 Å². The predicted molar refractivity (Wildman–Crippen MR) is 79.5 cm³/mol. The number of nitrogens with zero attached hydrogens (tertiary/aromatic N) is 1. The van der Waals surface area contributed by atoms with Crippen LogP contribution in [0.4, 0.5) is 5.69 Å². The molecule has 2 nitrogen and oxygen atoms in total. The summed E-state index contributed by atoms with van der Waals surface area (Å²) in [5, 5.41) is 4.77. The van der Waals surface area contributed by atoms with Crippen LogP contribution in [0.2, 0.25) is 0 Å². The average molecular weight is 242 g/mol. The fourth-order valence-corrected chi connectivity index (χ4v) is 2.59. The Labute approximate surface area is 109 Å². The summed E-state index contributed by atoms with van der Waals surface area (Å²) in [5.74, 6) is 0.483. The van der Waals surface area contributed by atoms with Crippen molar-refractivity contribution in [2.45, 2.75) is 40.5 Å². The number of fused-ring (bicyclic) bond motifs is 1. The van der Waals surface area contributed by atoms with E-state index in [-0.39, 0.29) is 0 Å². The molecule has 2 rings (SSSR count). The van der Waals surface area contributed by atoms with Crippen LogP contribution in [0.1, 0.15) is 43.5 Å². The zero-order valence-corrected chi connectivity index (χ0v) is 12.0. The average Bonchev–Trinajstić information content (AvgIpc) is 2.30. The summed E-state index contributed by atoms with van der Waals surface area (Å²) in [7, 11) is 0. The maximum Gasteiger partial charge on any atom is 0.0726 e. The fourth-order valence-electron chi connectivity index (χ4n) is 2.59. The number of benzene rings is 1. The van der Waals surface area contributed by atoms with E-state index in [4.69, 9.17) is 4.98 Å². The molecule has 0 aliphatic heterocycles. The first-order chi connectivity index (χ1) is 8.54. The number of aromatic nitrogens is 1. The van der Waals surface area contributed by atoms with Crippen molar-refractivity contribution in [3.8, 4) is 0 Å². The fraction of sp³-hybridized carbons (Fsp3) is 0.438. The molecule has 0 bridgehead atoms. The van der Waals surface area contributed by atoms with Crippen molar-refractivity contribution in [1.82, 2.24) is 4.98 Å². The first kappa shape index (κ1) is 12.9. The highest BCUT2D eigenvalue weighted by Gasteiger charge is 2.14. The number of anilines is 1. The maximum atomic E-state index is 4.74. The predicted octanol–water partition coefficient (Wildman–Crippen LogP) is 4.41. The van der Waals surface area contributed by atoms with Gasteiger partial charge in [-0.1, -0.05) is 25.5 Å². The molecule has 0 radical (unpaired) electrons. The molecular weight excluding hydrogens is 220 g/mol. The molecule has 96 valence electrons. The first-order valence-electron chi connectivity index (χ1n) is 6.69. The van der Waals surface area contributed by atoms with Crippen molar-refractivity contribution >= 4 is 16.6 Å². The zero-order valence-electron chi connectivity index (χ0n) is 12.0. The molecule has 0 amide bonds. The van der Waals surface area contributed by atoms with Crippen molar-refractivity contribution in [2.24, 2.45) is 0 Å². The van der Waals surface area contributed by atoms with Crippen LogP contribution in [0.15, 0.2) is 18.2 Å². The summed E-state index contributed by atoms with van der Waals surface area (Å²) in [6, 6.07) is 6.47. The number of pyridine rings is 1. The molecule has 0 fully saturated rings. The third-order valence-corrected chi connectivity index (χ3v) is 3.30. The van der Waals surface area contributed by atoms with E-state index in [1.54, 1.807) is 0 Å². The standard InChI is InChI=1S/C16H22N2/c1-6-17-16-13-9-11(4)7-8-14(13)18-12(5)15(16)10(2)3/h7-10H,6H2,1-5H3,(H,17,18). The quantitative estimate of drug-likeness (QED) is 0.862. The van der Waals surface area contributed by atoms with Gasteiger partial charge in [-0.25, -0.2) is 0 Å². The largest absolute Gasteiger partial charge is 0.384 e. The van der Waals surface area contributed by atoms with Crippen LogP contribution in [-0.4, -0.2) is 11.5 Å². The number of aryl methyl sites for hydroxylation is 2. The van der Waals surface area contributed by atoms with E-state index in [0.29, 0.717) is 5.92 Å². The molecule has 0 spiro atoms. The van der Waals surface area contributed by atoms with Crippen molar-refractivity contribution in [3.05, 3.63) is 35.0 Å². The Bertz CT molecular complexity index is 571. The molecule has 1 aromatic carbocycles. The molecule has 0 saturated carbocycles. The van der Waals surface area contributed by atoms with Gasteiger partial charge in [0.15, 0.2) is 0 Å². The number of hydrogen-bond acceptors (Lipinski definition) is 2. The molecule has 18 heavy (non-hydrogen) atoms. The first-order valence-corrected chi connectivity index (χ1v) is 6.69. The van der Waals surface area contributed by atoms with Crippen LogP contribution >= 0.6 is 0 Å². The van der Waals surface area contributed by atoms with E-state index >= 15 is 0 Å². The van der Waals surface area contributed by atoms with Crippen LogP contribution in [0.25, 0.3) is 10.9 Å². The number of nitrogens with one attached hydrogen (secondary N) is 1. The van der Waals surface area contributed by atoms with Crippen molar-refractivity contribution in [3.63, 3.8) is 0 Å². The van der Waals surface area contributed by atoms with E-state index in [0.717, 1.165) is 17.8 Å². The van der Waals surface area contributed by atoms with Gasteiger partial charge in [-0.2, -0.15) is 0 Å². The second-order valence-electron chi connectivity index (χ2n) is 5.19. The summed E-state index contributed by atoms with van der Waals surface area (Å²) in [5.41, 5.74) is 6.10. The lowest BCUT2D eigenvalue weighted by Gasteiger charge is -2.19. The van der Waals surface area contributed by atoms with E-state index in [2.05, 4.69) is 58.1 Å². The Morgan fingerprint density at radius 1 is 1.22 bits per heavy atom. The van der Waals surface area contributed by atoms with Gasteiger partial charge in [0.25, 0.3) is 0 Å². The van der Waals surface area contributed by atoms with Crippen LogP contribution in [0, 0.1) is 13.8 Å². The molecule has 2 heteroatoms. The van der Waals surface area contributed by atoms with Gasteiger partial charge in [0.1, 0.15) is 0 Å². The molecule has 1 heterocycles. The van der Waals surface area contributed by atoms with Gasteiger partial charge in [0.2, 0.25) is 0 Å². The Balaban J connectivity index is 2.82. The molecule has 1 aromatic heterocycles. The molecule has 0 unspecified atom stereocenters. The summed E-state index contributed by atoms with van der Waals surface area (Å²) in [6.07, 6.45) is 0. The molecule has 0 aliphatic carbocycles. The lowest BCUT2D eigenvalue weighted by molar-refractivity contribution is 0.848.